The molecule has 1 aromatic rings. The van der Waals surface area contributed by atoms with Gasteiger partial charge in [-0.05, 0) is 44.0 Å². The molecule has 2 fully saturated rings. The third kappa shape index (κ3) is 3.65. The highest BCUT2D eigenvalue weighted by Gasteiger charge is 2.39. The van der Waals surface area contributed by atoms with Crippen LogP contribution >= 0.6 is 0 Å². The molecule has 7 heteroatoms. The molecule has 25 heavy (non-hydrogen) atoms. The number of nitrogens with two attached hydrogens (primary N) is 1. The van der Waals surface area contributed by atoms with Crippen molar-refractivity contribution in [2.45, 2.75) is 38.0 Å². The maximum atomic E-state index is 13.0. The average molecular weight is 342 g/mol. The van der Waals surface area contributed by atoms with Crippen LogP contribution in [0.5, 0.6) is 0 Å². The highest BCUT2D eigenvalue weighted by atomic mass is 16.5. The zero-order valence-electron chi connectivity index (χ0n) is 14.2. The molecule has 3 rings (SSSR count). The number of hydrogen-bond donors (Lipinski definition) is 1. The zero-order valence-corrected chi connectivity index (χ0v) is 14.2. The maximum Gasteiger partial charge on any atom is 0.247 e. The van der Waals surface area contributed by atoms with Gasteiger partial charge in [0.25, 0.3) is 0 Å². The number of nitriles is 1. The Hall–Kier alpha value is -2.43. The van der Waals surface area contributed by atoms with Gasteiger partial charge in [0.1, 0.15) is 6.10 Å². The molecular formula is C18H22N4O3. The highest BCUT2D eigenvalue weighted by Crippen LogP contribution is 2.26. The summed E-state index contributed by atoms with van der Waals surface area (Å²) >= 11 is 0. The molecule has 0 saturated carbocycles. The lowest BCUT2D eigenvalue weighted by Crippen LogP contribution is -2.60. The van der Waals surface area contributed by atoms with E-state index in [0.717, 1.165) is 18.5 Å². The number of morpholine rings is 1. The topological polar surface area (TPSA) is 99.7 Å². The van der Waals surface area contributed by atoms with Gasteiger partial charge in [0.15, 0.2) is 0 Å². The number of piperidine rings is 1. The second kappa shape index (κ2) is 7.21. The Morgan fingerprint density at radius 3 is 2.68 bits per heavy atom. The van der Waals surface area contributed by atoms with Crippen LogP contribution in [0.15, 0.2) is 24.3 Å². The Morgan fingerprint density at radius 2 is 2.04 bits per heavy atom. The molecule has 132 valence electrons. The van der Waals surface area contributed by atoms with E-state index in [1.165, 1.54) is 0 Å². The summed E-state index contributed by atoms with van der Waals surface area (Å²) in [5, 5.41) is 8.91. The molecule has 0 aliphatic carbocycles. The van der Waals surface area contributed by atoms with Gasteiger partial charge in [-0.15, -0.1) is 0 Å². The van der Waals surface area contributed by atoms with Crippen LogP contribution < -0.4 is 10.6 Å². The van der Waals surface area contributed by atoms with Crippen LogP contribution in [0.25, 0.3) is 0 Å². The molecule has 2 N–H and O–H groups in total. The van der Waals surface area contributed by atoms with E-state index in [1.807, 2.05) is 11.8 Å². The number of benzene rings is 1. The fraction of sp³-hybridized carbons (Fsp3) is 0.500. The Balaban J connectivity index is 1.77. The Kier molecular flexibility index (Phi) is 5.02. The molecule has 2 saturated heterocycles. The van der Waals surface area contributed by atoms with Crippen molar-refractivity contribution in [3.05, 3.63) is 29.8 Å². The van der Waals surface area contributed by atoms with Gasteiger partial charge in [0.2, 0.25) is 11.8 Å². The lowest BCUT2D eigenvalue weighted by Gasteiger charge is -2.43. The number of ether oxygens (including phenoxy) is 1. The summed E-state index contributed by atoms with van der Waals surface area (Å²) in [6, 6.07) is 8.83. The Bertz CT molecular complexity index is 697. The summed E-state index contributed by atoms with van der Waals surface area (Å²) < 4.78 is 5.57. The predicted molar refractivity (Wildman–Crippen MR) is 91.6 cm³/mol. The minimum atomic E-state index is -0.679. The second-order valence-electron chi connectivity index (χ2n) is 6.60. The molecular weight excluding hydrogens is 320 g/mol. The maximum absolute atomic E-state index is 13.0. The molecule has 2 amide bonds. The number of amides is 2. The number of carbonyl (C=O) groups excluding carboxylic acids is 2. The Morgan fingerprint density at radius 1 is 1.32 bits per heavy atom. The summed E-state index contributed by atoms with van der Waals surface area (Å²) in [6.07, 6.45) is 0.805. The Labute approximate surface area is 146 Å². The average Bonchev–Trinajstić information content (AvgIpc) is 2.61. The highest BCUT2D eigenvalue weighted by molar-refractivity contribution is 5.98. The summed E-state index contributed by atoms with van der Waals surface area (Å²) in [7, 11) is 0. The first-order chi connectivity index (χ1) is 12.0. The first kappa shape index (κ1) is 17.4. The van der Waals surface area contributed by atoms with E-state index in [0.29, 0.717) is 25.2 Å². The van der Waals surface area contributed by atoms with Gasteiger partial charge >= 0.3 is 0 Å². The SMILES string of the molecule is C[C@@H]1CN([C@H]2CCCN(c3ccc(C#N)cc3)C2=O)C[C@H](C(N)=O)O1. The predicted octanol–water partition coefficient (Wildman–Crippen LogP) is 0.628. The van der Waals surface area contributed by atoms with E-state index in [1.54, 1.807) is 29.2 Å². The van der Waals surface area contributed by atoms with Crippen LogP contribution in [-0.2, 0) is 14.3 Å². The standard InChI is InChI=1S/C18H22N4O3/c1-12-10-21(11-16(25-12)17(20)23)15-3-2-8-22(18(15)24)14-6-4-13(9-19)5-7-14/h4-7,12,15-16H,2-3,8,10-11H2,1H3,(H2,20,23)/t12-,15+,16-/m1/s1. The van der Waals surface area contributed by atoms with Gasteiger partial charge in [-0.3, -0.25) is 14.5 Å². The molecule has 2 aliphatic heterocycles. The van der Waals surface area contributed by atoms with E-state index in [2.05, 4.69) is 6.07 Å². The number of rotatable bonds is 3. The first-order valence-corrected chi connectivity index (χ1v) is 8.50. The first-order valence-electron chi connectivity index (χ1n) is 8.50. The van der Waals surface area contributed by atoms with E-state index in [-0.39, 0.29) is 18.1 Å². The van der Waals surface area contributed by atoms with Crippen LogP contribution in [-0.4, -0.2) is 54.6 Å². The van der Waals surface area contributed by atoms with Crippen molar-refractivity contribution < 1.29 is 14.3 Å². The van der Waals surface area contributed by atoms with Gasteiger partial charge in [-0.25, -0.2) is 0 Å². The summed E-state index contributed by atoms with van der Waals surface area (Å²) in [5.41, 5.74) is 6.75. The third-order valence-electron chi connectivity index (χ3n) is 4.77. The van der Waals surface area contributed by atoms with Crippen molar-refractivity contribution in [2.24, 2.45) is 5.73 Å². The molecule has 2 aliphatic rings. The van der Waals surface area contributed by atoms with Crippen molar-refractivity contribution in [3.8, 4) is 6.07 Å². The van der Waals surface area contributed by atoms with E-state index >= 15 is 0 Å². The van der Waals surface area contributed by atoms with Crippen LogP contribution in [0.1, 0.15) is 25.3 Å². The van der Waals surface area contributed by atoms with Gasteiger partial charge in [-0.1, -0.05) is 0 Å². The number of carbonyl (C=O) groups is 2. The van der Waals surface area contributed by atoms with Gasteiger partial charge < -0.3 is 15.4 Å². The lowest BCUT2D eigenvalue weighted by molar-refractivity contribution is -0.148. The largest absolute Gasteiger partial charge is 0.367 e. The summed E-state index contributed by atoms with van der Waals surface area (Å²) in [5.74, 6) is -0.475. The van der Waals surface area contributed by atoms with Crippen LogP contribution in [0.4, 0.5) is 5.69 Å². The second-order valence-corrected chi connectivity index (χ2v) is 6.60. The summed E-state index contributed by atoms with van der Waals surface area (Å²) in [4.78, 5) is 28.3. The van der Waals surface area contributed by atoms with E-state index < -0.39 is 12.0 Å². The molecule has 0 unspecified atom stereocenters. The molecule has 0 aromatic heterocycles. The van der Waals surface area contributed by atoms with Gasteiger partial charge in [0.05, 0.1) is 23.8 Å². The van der Waals surface area contributed by atoms with Crippen molar-refractivity contribution in [3.63, 3.8) is 0 Å². The van der Waals surface area contributed by atoms with Crippen molar-refractivity contribution in [1.82, 2.24) is 4.90 Å². The molecule has 3 atom stereocenters. The fourth-order valence-electron chi connectivity index (χ4n) is 3.56. The van der Waals surface area contributed by atoms with Crippen LogP contribution in [0.2, 0.25) is 0 Å². The molecule has 7 nitrogen and oxygen atoms in total. The number of primary amides is 1. The fourth-order valence-corrected chi connectivity index (χ4v) is 3.56. The third-order valence-corrected chi connectivity index (χ3v) is 4.77. The quantitative estimate of drug-likeness (QED) is 0.868. The van der Waals surface area contributed by atoms with Crippen molar-refractivity contribution in [1.29, 1.82) is 5.26 Å². The number of nitrogens with zero attached hydrogens (tertiary/aromatic N) is 3. The summed E-state index contributed by atoms with van der Waals surface area (Å²) in [6.45, 7) is 3.48. The number of hydrogen-bond acceptors (Lipinski definition) is 5. The minimum Gasteiger partial charge on any atom is -0.367 e. The van der Waals surface area contributed by atoms with Gasteiger partial charge in [-0.2, -0.15) is 5.26 Å². The molecule has 0 radical (unpaired) electrons. The van der Waals surface area contributed by atoms with E-state index in [4.69, 9.17) is 15.7 Å². The van der Waals surface area contributed by atoms with E-state index in [9.17, 15) is 9.59 Å². The normalized spacial score (nSPS) is 27.8. The smallest absolute Gasteiger partial charge is 0.247 e. The van der Waals surface area contributed by atoms with Crippen LogP contribution in [0.3, 0.4) is 0 Å². The molecule has 2 heterocycles. The minimum absolute atomic E-state index is 0.0216. The number of anilines is 1. The lowest BCUT2D eigenvalue weighted by atomic mass is 10.00. The van der Waals surface area contributed by atoms with Crippen molar-refractivity contribution >= 4 is 17.5 Å². The zero-order chi connectivity index (χ0) is 18.0. The van der Waals surface area contributed by atoms with Gasteiger partial charge in [0, 0.05) is 25.3 Å². The molecule has 0 spiro atoms. The molecule has 0 bridgehead atoms. The monoisotopic (exact) mass is 342 g/mol. The van der Waals surface area contributed by atoms with Crippen LogP contribution in [0, 0.1) is 11.3 Å². The molecule has 1 aromatic carbocycles. The van der Waals surface area contributed by atoms with Crippen molar-refractivity contribution in [2.75, 3.05) is 24.5 Å².